The molecule has 0 saturated carbocycles. The molecule has 0 fully saturated rings. The first-order valence-corrected chi connectivity index (χ1v) is 8.63. The van der Waals surface area contributed by atoms with Crippen molar-refractivity contribution in [3.63, 3.8) is 0 Å². The first-order chi connectivity index (χ1) is 11.6. The summed E-state index contributed by atoms with van der Waals surface area (Å²) in [6.07, 6.45) is 1.82. The second-order valence-electron chi connectivity index (χ2n) is 5.34. The molecule has 6 nitrogen and oxygen atoms in total. The van der Waals surface area contributed by atoms with Crippen LogP contribution in [0, 0.1) is 3.57 Å². The van der Waals surface area contributed by atoms with Crippen molar-refractivity contribution in [2.75, 3.05) is 6.61 Å². The maximum Gasteiger partial charge on any atom is 0.304 e. The molecule has 24 heavy (non-hydrogen) atoms. The number of nitrogens with zero attached hydrogens (tertiary/aromatic N) is 1. The van der Waals surface area contributed by atoms with E-state index in [0.29, 0.717) is 41.7 Å². The number of carbonyl (C=O) groups is 2. The topological polar surface area (TPSA) is 89.6 Å². The fourth-order valence-electron chi connectivity index (χ4n) is 2.36. The van der Waals surface area contributed by atoms with Crippen LogP contribution in [-0.2, 0) is 16.1 Å². The summed E-state index contributed by atoms with van der Waals surface area (Å²) in [6.45, 7) is 1.05. The number of halogens is 1. The Kier molecular flexibility index (Phi) is 7.38. The molecule has 0 aliphatic carbocycles. The van der Waals surface area contributed by atoms with Gasteiger partial charge in [-0.25, -0.2) is 0 Å². The number of aliphatic carboxylic acids is 1. The lowest BCUT2D eigenvalue weighted by Crippen LogP contribution is -2.08. The Bertz CT molecular complexity index is 671. The molecule has 0 aliphatic rings. The predicted octanol–water partition coefficient (Wildman–Crippen LogP) is 3.65. The van der Waals surface area contributed by atoms with E-state index in [2.05, 4.69) is 5.16 Å². The van der Waals surface area contributed by atoms with Crippen LogP contribution in [0.4, 0.5) is 0 Å². The molecule has 1 aromatic carbocycles. The average molecular weight is 443 g/mol. The van der Waals surface area contributed by atoms with Gasteiger partial charge in [0.05, 0.1) is 16.6 Å². The molecule has 0 saturated heterocycles. The number of carboxylic acids is 1. The van der Waals surface area contributed by atoms with Crippen molar-refractivity contribution < 1.29 is 24.0 Å². The number of hydrogen-bond donors (Lipinski definition) is 1. The standard InChI is InChI=1S/C17H18INO5/c18-16-14(10-20)19-24-17(16)13(9-15(21)22)7-4-8-23-11-12-5-2-1-3-6-12/h1-3,5-6,10,13H,4,7-9,11H2,(H,21,22)/t13-/m0/s1. The van der Waals surface area contributed by atoms with Crippen LogP contribution < -0.4 is 0 Å². The average Bonchev–Trinajstić information content (AvgIpc) is 2.95. The van der Waals surface area contributed by atoms with Gasteiger partial charge in [-0.15, -0.1) is 0 Å². The summed E-state index contributed by atoms with van der Waals surface area (Å²) < 4.78 is 11.4. The van der Waals surface area contributed by atoms with E-state index in [4.69, 9.17) is 14.4 Å². The van der Waals surface area contributed by atoms with Crippen molar-refractivity contribution in [3.05, 3.63) is 50.9 Å². The van der Waals surface area contributed by atoms with Crippen LogP contribution in [-0.4, -0.2) is 29.1 Å². The molecule has 0 radical (unpaired) electrons. The van der Waals surface area contributed by atoms with Gasteiger partial charge in [-0.1, -0.05) is 35.5 Å². The zero-order valence-electron chi connectivity index (χ0n) is 13.0. The lowest BCUT2D eigenvalue weighted by molar-refractivity contribution is -0.137. The molecular formula is C17H18INO5. The lowest BCUT2D eigenvalue weighted by atomic mass is 9.96. The number of rotatable bonds is 10. The summed E-state index contributed by atoms with van der Waals surface area (Å²) in [7, 11) is 0. The molecule has 0 bridgehead atoms. The number of carbonyl (C=O) groups excluding carboxylic acids is 1. The molecule has 0 amide bonds. The molecule has 1 aromatic heterocycles. The molecule has 1 heterocycles. The number of ether oxygens (including phenoxy) is 1. The zero-order chi connectivity index (χ0) is 17.4. The van der Waals surface area contributed by atoms with E-state index in [1.54, 1.807) is 0 Å². The Morgan fingerprint density at radius 3 is 2.75 bits per heavy atom. The normalized spacial score (nSPS) is 12.0. The van der Waals surface area contributed by atoms with E-state index < -0.39 is 5.97 Å². The van der Waals surface area contributed by atoms with Crippen LogP contribution in [0.25, 0.3) is 0 Å². The number of carboxylic acid groups (broad SMARTS) is 1. The highest BCUT2D eigenvalue weighted by Gasteiger charge is 2.24. The molecule has 0 unspecified atom stereocenters. The second kappa shape index (κ2) is 9.53. The number of benzene rings is 1. The van der Waals surface area contributed by atoms with Crippen molar-refractivity contribution in [1.82, 2.24) is 5.16 Å². The highest BCUT2D eigenvalue weighted by molar-refractivity contribution is 14.1. The van der Waals surface area contributed by atoms with Gasteiger partial charge in [-0.05, 0) is 41.0 Å². The van der Waals surface area contributed by atoms with Crippen LogP contribution in [0.5, 0.6) is 0 Å². The van der Waals surface area contributed by atoms with Gasteiger partial charge in [-0.3, -0.25) is 9.59 Å². The smallest absolute Gasteiger partial charge is 0.304 e. The number of hydrogen-bond acceptors (Lipinski definition) is 5. The van der Waals surface area contributed by atoms with Crippen molar-refractivity contribution in [2.24, 2.45) is 0 Å². The highest BCUT2D eigenvalue weighted by atomic mass is 127. The SMILES string of the molecule is O=Cc1noc([C@@H](CCCOCc2ccccc2)CC(=O)O)c1I. The second-order valence-corrected chi connectivity index (χ2v) is 6.42. The summed E-state index contributed by atoms with van der Waals surface area (Å²) in [6, 6.07) is 9.85. The quantitative estimate of drug-likeness (QED) is 0.343. The summed E-state index contributed by atoms with van der Waals surface area (Å²) in [5, 5.41) is 12.8. The fourth-order valence-corrected chi connectivity index (χ4v) is 3.13. The minimum absolute atomic E-state index is 0.0673. The summed E-state index contributed by atoms with van der Waals surface area (Å²) >= 11 is 1.96. The van der Waals surface area contributed by atoms with Gasteiger partial charge >= 0.3 is 5.97 Å². The largest absolute Gasteiger partial charge is 0.481 e. The molecule has 2 aromatic rings. The highest BCUT2D eigenvalue weighted by Crippen LogP contribution is 2.30. The van der Waals surface area contributed by atoms with Crippen LogP contribution in [0.1, 0.15) is 47.0 Å². The van der Waals surface area contributed by atoms with E-state index in [-0.39, 0.29) is 18.0 Å². The van der Waals surface area contributed by atoms with Gasteiger partial charge in [0.15, 0.2) is 17.7 Å². The zero-order valence-corrected chi connectivity index (χ0v) is 15.1. The van der Waals surface area contributed by atoms with E-state index >= 15 is 0 Å². The summed E-state index contributed by atoms with van der Waals surface area (Å²) in [4.78, 5) is 21.9. The Morgan fingerprint density at radius 2 is 2.12 bits per heavy atom. The van der Waals surface area contributed by atoms with Gasteiger partial charge in [0, 0.05) is 12.5 Å². The molecule has 1 atom stereocenters. The van der Waals surface area contributed by atoms with Crippen molar-refractivity contribution in [2.45, 2.75) is 31.8 Å². The minimum atomic E-state index is -0.912. The number of aromatic nitrogens is 1. The Balaban J connectivity index is 1.86. The van der Waals surface area contributed by atoms with Gasteiger partial charge < -0.3 is 14.4 Å². The van der Waals surface area contributed by atoms with Crippen LogP contribution in [0.15, 0.2) is 34.9 Å². The summed E-state index contributed by atoms with van der Waals surface area (Å²) in [5.74, 6) is -0.774. The van der Waals surface area contributed by atoms with Crippen molar-refractivity contribution in [1.29, 1.82) is 0 Å². The number of aldehydes is 1. The molecule has 7 heteroatoms. The van der Waals surface area contributed by atoms with Gasteiger partial charge in [0.25, 0.3) is 0 Å². The molecular weight excluding hydrogens is 425 g/mol. The molecule has 128 valence electrons. The third kappa shape index (κ3) is 5.41. The minimum Gasteiger partial charge on any atom is -0.481 e. The first-order valence-electron chi connectivity index (χ1n) is 7.55. The van der Waals surface area contributed by atoms with E-state index in [1.165, 1.54) is 0 Å². The maximum atomic E-state index is 11.1. The van der Waals surface area contributed by atoms with E-state index in [1.807, 2.05) is 52.9 Å². The predicted molar refractivity (Wildman–Crippen MR) is 94.9 cm³/mol. The molecule has 2 rings (SSSR count). The lowest BCUT2D eigenvalue weighted by Gasteiger charge is -2.12. The van der Waals surface area contributed by atoms with E-state index in [0.717, 1.165) is 5.56 Å². The van der Waals surface area contributed by atoms with Gasteiger partial charge in [0.2, 0.25) is 0 Å². The molecule has 0 aliphatic heterocycles. The maximum absolute atomic E-state index is 11.1. The van der Waals surface area contributed by atoms with Gasteiger partial charge in [-0.2, -0.15) is 0 Å². The van der Waals surface area contributed by atoms with Crippen LogP contribution in [0.3, 0.4) is 0 Å². The molecule has 1 N–H and O–H groups in total. The van der Waals surface area contributed by atoms with Crippen LogP contribution in [0.2, 0.25) is 0 Å². The van der Waals surface area contributed by atoms with Gasteiger partial charge in [0.1, 0.15) is 0 Å². The fraction of sp³-hybridized carbons (Fsp3) is 0.353. The first kappa shape index (κ1) is 18.6. The third-order valence-corrected chi connectivity index (χ3v) is 4.62. The van der Waals surface area contributed by atoms with E-state index in [9.17, 15) is 9.59 Å². The Labute approximate surface area is 153 Å². The van der Waals surface area contributed by atoms with Crippen molar-refractivity contribution >= 4 is 34.8 Å². The summed E-state index contributed by atoms with van der Waals surface area (Å²) in [5.41, 5.74) is 1.31. The molecule has 0 spiro atoms. The Hall–Kier alpha value is -1.74. The Morgan fingerprint density at radius 1 is 1.38 bits per heavy atom. The van der Waals surface area contributed by atoms with Crippen LogP contribution >= 0.6 is 22.6 Å². The third-order valence-electron chi connectivity index (χ3n) is 3.54. The van der Waals surface area contributed by atoms with Crippen molar-refractivity contribution in [3.8, 4) is 0 Å². The monoisotopic (exact) mass is 443 g/mol.